The van der Waals surface area contributed by atoms with Gasteiger partial charge in [0.05, 0.1) is 5.69 Å². The fourth-order valence-corrected chi connectivity index (χ4v) is 8.38. The smallest absolute Gasteiger partial charge is 0.135 e. The summed E-state index contributed by atoms with van der Waals surface area (Å²) in [5.41, 5.74) is 11.2. The maximum atomic E-state index is 6.76. The molecule has 0 fully saturated rings. The summed E-state index contributed by atoms with van der Waals surface area (Å²) in [7, 11) is 0. The molecule has 0 radical (unpaired) electrons. The van der Waals surface area contributed by atoms with Gasteiger partial charge in [0, 0.05) is 61.7 Å². The molecular formula is C51H44N5O2Pt-3. The summed E-state index contributed by atoms with van der Waals surface area (Å²) in [6.07, 6.45) is 3.73. The van der Waals surface area contributed by atoms with Crippen molar-refractivity contribution < 1.29 is 30.2 Å². The summed E-state index contributed by atoms with van der Waals surface area (Å²) in [5, 5.41) is 4.11. The zero-order valence-electron chi connectivity index (χ0n) is 34.4. The fraction of sp³-hybridized carbons (Fsp3) is 0.196. The normalized spacial score (nSPS) is 13.2. The van der Waals surface area contributed by atoms with Gasteiger partial charge in [0.25, 0.3) is 0 Å². The number of benzene rings is 5. The first-order valence-electron chi connectivity index (χ1n) is 19.8. The van der Waals surface area contributed by atoms with Crippen LogP contribution >= 0.6 is 0 Å². The van der Waals surface area contributed by atoms with Crippen LogP contribution in [0.5, 0.6) is 11.5 Å². The van der Waals surface area contributed by atoms with Crippen LogP contribution in [-0.2, 0) is 31.9 Å². The van der Waals surface area contributed by atoms with Gasteiger partial charge in [0.2, 0.25) is 0 Å². The molecule has 0 unspecified atom stereocenters. The van der Waals surface area contributed by atoms with Gasteiger partial charge < -0.3 is 23.5 Å². The van der Waals surface area contributed by atoms with Crippen LogP contribution in [0.2, 0.25) is 0 Å². The largest absolute Gasteiger partial charge is 0.509 e. The Balaban J connectivity index is 0.00000449. The van der Waals surface area contributed by atoms with Gasteiger partial charge in [0.1, 0.15) is 17.2 Å². The van der Waals surface area contributed by atoms with E-state index >= 15 is 0 Å². The molecule has 0 spiro atoms. The monoisotopic (exact) mass is 953 g/mol. The van der Waals surface area contributed by atoms with Crippen LogP contribution in [0, 0.1) is 32.6 Å². The van der Waals surface area contributed by atoms with E-state index in [2.05, 4.69) is 155 Å². The topological polar surface area (TPSA) is 59.6 Å². The summed E-state index contributed by atoms with van der Waals surface area (Å²) in [5.74, 6) is 2.68. The number of fused-ring (bicyclic) bond motifs is 7. The second-order valence-corrected chi connectivity index (χ2v) is 17.4. The van der Waals surface area contributed by atoms with Gasteiger partial charge in [-0.25, -0.2) is 9.97 Å². The molecule has 298 valence electrons. The Hall–Kier alpha value is -5.91. The maximum Gasteiger partial charge on any atom is 0.135 e. The number of ether oxygens (including phenoxy) is 1. The molecule has 0 bridgehead atoms. The third-order valence-electron chi connectivity index (χ3n) is 11.3. The van der Waals surface area contributed by atoms with E-state index in [1.165, 1.54) is 22.3 Å². The molecule has 0 saturated carbocycles. The van der Waals surface area contributed by atoms with Crippen molar-refractivity contribution in [3.63, 3.8) is 0 Å². The minimum atomic E-state index is -0.0361. The van der Waals surface area contributed by atoms with Crippen LogP contribution in [0.25, 0.3) is 49.6 Å². The molecule has 5 aromatic carbocycles. The Morgan fingerprint density at radius 1 is 0.644 bits per heavy atom. The quantitative estimate of drug-likeness (QED) is 0.160. The zero-order chi connectivity index (χ0) is 40.1. The second kappa shape index (κ2) is 14.1. The molecular weight excluding hydrogens is 910 g/mol. The number of anilines is 4. The second-order valence-electron chi connectivity index (χ2n) is 17.4. The van der Waals surface area contributed by atoms with Crippen molar-refractivity contribution in [2.24, 2.45) is 0 Å². The number of hydrogen-bond acceptors (Lipinski definition) is 6. The number of hydrogen-bond donors (Lipinski definition) is 0. The number of nitrogens with zero attached hydrogens (tertiary/aromatic N) is 5. The Labute approximate surface area is 359 Å². The Kier molecular flexibility index (Phi) is 9.24. The summed E-state index contributed by atoms with van der Waals surface area (Å²) >= 11 is 0. The first-order valence-corrected chi connectivity index (χ1v) is 19.8. The van der Waals surface area contributed by atoms with E-state index < -0.39 is 0 Å². The molecule has 59 heavy (non-hydrogen) atoms. The van der Waals surface area contributed by atoms with Crippen LogP contribution in [0.15, 0.2) is 120 Å². The molecule has 0 atom stereocenters. The molecule has 0 saturated heterocycles. The van der Waals surface area contributed by atoms with Gasteiger partial charge in [-0.15, -0.1) is 30.3 Å². The number of aromatic nitrogens is 3. The Morgan fingerprint density at radius 3 is 2.14 bits per heavy atom. The van der Waals surface area contributed by atoms with Crippen LogP contribution < -0.4 is 14.5 Å². The summed E-state index contributed by atoms with van der Waals surface area (Å²) in [4.78, 5) is 14.2. The van der Waals surface area contributed by atoms with Crippen molar-refractivity contribution in [2.45, 2.75) is 66.2 Å². The minimum absolute atomic E-state index is 0. The van der Waals surface area contributed by atoms with E-state index in [0.29, 0.717) is 17.1 Å². The van der Waals surface area contributed by atoms with Gasteiger partial charge in [-0.3, -0.25) is 0 Å². The molecule has 9 aromatic rings. The predicted octanol–water partition coefficient (Wildman–Crippen LogP) is 13.5. The molecule has 0 amide bonds. The SMILES string of the molecule is Cc1cc(C(C)(C)C)cc(C)c1N1[CH-]N(c2[c-]c(Oc3[c-]c4c(cc3)c3ccccc3n4-c3cc(C(C)(C)C)ccn3)cc3oc4ccccc4c23)c2ncccc21.[Pt]. The van der Waals surface area contributed by atoms with Gasteiger partial charge >= 0.3 is 0 Å². The molecule has 10 rings (SSSR count). The third kappa shape index (κ3) is 6.47. The van der Waals surface area contributed by atoms with E-state index in [0.717, 1.165) is 66.9 Å². The number of furan rings is 1. The molecule has 5 heterocycles. The molecule has 0 aliphatic carbocycles. The van der Waals surface area contributed by atoms with E-state index in [4.69, 9.17) is 19.1 Å². The number of aryl methyl sites for hydroxylation is 2. The van der Waals surface area contributed by atoms with Crippen molar-refractivity contribution in [2.75, 3.05) is 9.80 Å². The van der Waals surface area contributed by atoms with Crippen LogP contribution in [0.3, 0.4) is 0 Å². The molecule has 8 heteroatoms. The van der Waals surface area contributed by atoms with E-state index in [-0.39, 0.29) is 31.9 Å². The number of para-hydroxylation sites is 2. The Morgan fingerprint density at radius 2 is 1.37 bits per heavy atom. The fourth-order valence-electron chi connectivity index (χ4n) is 8.38. The maximum absolute atomic E-state index is 6.76. The third-order valence-corrected chi connectivity index (χ3v) is 11.3. The first kappa shape index (κ1) is 38.6. The Bertz CT molecular complexity index is 3070. The van der Waals surface area contributed by atoms with E-state index in [9.17, 15) is 0 Å². The predicted molar refractivity (Wildman–Crippen MR) is 236 cm³/mol. The standard InChI is InChI=1S/C51H44N5O2.Pt/c1-31-24-34(51(6,7)8)25-32(2)48(31)54-30-55(49-41(54)17-13-22-53-49)43-28-36(29-45-47(43)39-15-10-12-18-44(39)58-45)57-35-19-20-38-37-14-9-11-16-40(37)56(42(38)27-35)46-26-33(21-23-52-46)50(3,4)5;/h9-26,29-30H,1-8H3;/q-3;. The molecule has 1 aliphatic heterocycles. The average Bonchev–Trinajstić information content (AvgIpc) is 3.86. The van der Waals surface area contributed by atoms with Crippen molar-refractivity contribution in [1.82, 2.24) is 14.5 Å². The van der Waals surface area contributed by atoms with Crippen LogP contribution in [0.1, 0.15) is 63.8 Å². The summed E-state index contributed by atoms with van der Waals surface area (Å²) in [6, 6.07) is 42.8. The van der Waals surface area contributed by atoms with Gasteiger partial charge in [0.15, 0.2) is 0 Å². The van der Waals surface area contributed by atoms with Gasteiger partial charge in [-0.1, -0.05) is 113 Å². The van der Waals surface area contributed by atoms with Crippen molar-refractivity contribution in [3.8, 4) is 17.3 Å². The minimum Gasteiger partial charge on any atom is -0.509 e. The van der Waals surface area contributed by atoms with Gasteiger partial charge in [-0.2, -0.15) is 6.07 Å². The molecule has 7 nitrogen and oxygen atoms in total. The number of rotatable bonds is 5. The van der Waals surface area contributed by atoms with Gasteiger partial charge in [-0.05, 0) is 94.1 Å². The van der Waals surface area contributed by atoms with E-state index in [1.807, 2.05) is 48.8 Å². The molecule has 1 aliphatic rings. The van der Waals surface area contributed by atoms with E-state index in [1.54, 1.807) is 0 Å². The zero-order valence-corrected chi connectivity index (χ0v) is 36.7. The van der Waals surface area contributed by atoms with Crippen molar-refractivity contribution in [3.05, 3.63) is 157 Å². The number of pyridine rings is 2. The first-order chi connectivity index (χ1) is 27.8. The molecule has 4 aromatic heterocycles. The molecule has 0 N–H and O–H groups in total. The average molecular weight is 954 g/mol. The summed E-state index contributed by atoms with van der Waals surface area (Å²) < 4.78 is 15.5. The van der Waals surface area contributed by atoms with Crippen molar-refractivity contribution in [1.29, 1.82) is 0 Å². The summed E-state index contributed by atoms with van der Waals surface area (Å²) in [6.45, 7) is 19.9. The van der Waals surface area contributed by atoms with Crippen LogP contribution in [-0.4, -0.2) is 14.5 Å². The van der Waals surface area contributed by atoms with Crippen molar-refractivity contribution >= 4 is 66.6 Å². The van der Waals surface area contributed by atoms with Crippen LogP contribution in [0.4, 0.5) is 22.9 Å².